The lowest BCUT2D eigenvalue weighted by atomic mass is 10.1. The van der Waals surface area contributed by atoms with E-state index in [0.717, 1.165) is 24.3 Å². The van der Waals surface area contributed by atoms with E-state index in [1.54, 1.807) is 24.3 Å². The van der Waals surface area contributed by atoms with E-state index in [4.69, 9.17) is 11.6 Å². The molecule has 118 valence electrons. The Labute approximate surface area is 136 Å². The molecule has 1 N–H and O–H groups in total. The second-order valence-electron chi connectivity index (χ2n) is 4.54. The predicted molar refractivity (Wildman–Crippen MR) is 82.1 cm³/mol. The summed E-state index contributed by atoms with van der Waals surface area (Å²) in [4.78, 5) is 11.8. The smallest absolute Gasteiger partial charge is 0.341 e. The Morgan fingerprint density at radius 3 is 2.35 bits per heavy atom. The van der Waals surface area contributed by atoms with Gasteiger partial charge >= 0.3 is 6.18 Å². The van der Waals surface area contributed by atoms with Gasteiger partial charge in [0.05, 0.1) is 17.1 Å². The Morgan fingerprint density at radius 1 is 1.09 bits per heavy atom. The topological polar surface area (TPSA) is 29.1 Å². The van der Waals surface area contributed by atoms with Crippen molar-refractivity contribution in [2.45, 2.75) is 6.18 Å². The van der Waals surface area contributed by atoms with Crippen molar-refractivity contribution in [1.29, 1.82) is 0 Å². The number of rotatable bonds is 2. The zero-order chi connectivity index (χ0) is 16.9. The SMILES string of the molecule is O=C(NCC#Cc1ccccc1Cl)c1ccc(C(F)(F)F)cc1. The second kappa shape index (κ2) is 7.21. The van der Waals surface area contributed by atoms with Crippen LogP contribution in [0, 0.1) is 11.8 Å². The molecule has 2 aromatic rings. The maximum atomic E-state index is 12.4. The van der Waals surface area contributed by atoms with E-state index in [1.165, 1.54) is 0 Å². The van der Waals surface area contributed by atoms with Gasteiger partial charge in [-0.05, 0) is 36.4 Å². The highest BCUT2D eigenvalue weighted by atomic mass is 35.5. The molecule has 1 amide bonds. The second-order valence-corrected chi connectivity index (χ2v) is 4.95. The van der Waals surface area contributed by atoms with Gasteiger partial charge < -0.3 is 5.32 Å². The Morgan fingerprint density at radius 2 is 1.74 bits per heavy atom. The van der Waals surface area contributed by atoms with Crippen LogP contribution in [0.25, 0.3) is 0 Å². The van der Waals surface area contributed by atoms with Gasteiger partial charge in [-0.3, -0.25) is 4.79 Å². The fraction of sp³-hybridized carbons (Fsp3) is 0.118. The van der Waals surface area contributed by atoms with Gasteiger partial charge in [0.15, 0.2) is 0 Å². The van der Waals surface area contributed by atoms with Crippen LogP contribution < -0.4 is 5.32 Å². The number of carbonyl (C=O) groups is 1. The van der Waals surface area contributed by atoms with Crippen LogP contribution in [-0.2, 0) is 6.18 Å². The lowest BCUT2D eigenvalue weighted by Gasteiger charge is -2.07. The van der Waals surface area contributed by atoms with Crippen molar-refractivity contribution in [3.8, 4) is 11.8 Å². The van der Waals surface area contributed by atoms with Crippen LogP contribution in [0.5, 0.6) is 0 Å². The molecule has 6 heteroatoms. The molecule has 2 nitrogen and oxygen atoms in total. The summed E-state index contributed by atoms with van der Waals surface area (Å²) in [6.45, 7) is 0.0606. The van der Waals surface area contributed by atoms with Crippen LogP contribution in [0.3, 0.4) is 0 Å². The molecule has 2 aromatic carbocycles. The summed E-state index contributed by atoms with van der Waals surface area (Å²) in [6.07, 6.45) is -4.42. The normalized spacial score (nSPS) is 10.6. The Hall–Kier alpha value is -2.45. The Bertz CT molecular complexity index is 758. The van der Waals surface area contributed by atoms with Gasteiger partial charge in [0, 0.05) is 11.1 Å². The molecule has 0 aliphatic rings. The molecule has 0 saturated heterocycles. The molecule has 0 saturated carbocycles. The minimum absolute atomic E-state index is 0.0606. The molecule has 0 bridgehead atoms. The lowest BCUT2D eigenvalue weighted by molar-refractivity contribution is -0.137. The summed E-state index contributed by atoms with van der Waals surface area (Å²) in [5.74, 6) is 5.04. The quantitative estimate of drug-likeness (QED) is 0.820. The van der Waals surface area contributed by atoms with Crippen LogP contribution in [0.4, 0.5) is 13.2 Å². The summed E-state index contributed by atoms with van der Waals surface area (Å²) in [7, 11) is 0. The number of amides is 1. The molecule has 0 aliphatic carbocycles. The number of nitrogens with one attached hydrogen (secondary N) is 1. The van der Waals surface area contributed by atoms with E-state index in [9.17, 15) is 18.0 Å². The summed E-state index contributed by atoms with van der Waals surface area (Å²) in [5.41, 5.74) is -0.0250. The number of hydrogen-bond donors (Lipinski definition) is 1. The number of benzene rings is 2. The highest BCUT2D eigenvalue weighted by molar-refractivity contribution is 6.31. The van der Waals surface area contributed by atoms with Gasteiger partial charge in [-0.1, -0.05) is 35.6 Å². The van der Waals surface area contributed by atoms with Crippen LogP contribution >= 0.6 is 11.6 Å². The first-order valence-corrected chi connectivity index (χ1v) is 6.94. The average molecular weight is 338 g/mol. The van der Waals surface area contributed by atoms with E-state index >= 15 is 0 Å². The monoisotopic (exact) mass is 337 g/mol. The van der Waals surface area contributed by atoms with Gasteiger partial charge in [0.1, 0.15) is 0 Å². The van der Waals surface area contributed by atoms with Crippen LogP contribution in [0.1, 0.15) is 21.5 Å². The number of halogens is 4. The minimum atomic E-state index is -4.42. The first kappa shape index (κ1) is 16.9. The maximum Gasteiger partial charge on any atom is 0.416 e. The number of hydrogen-bond acceptors (Lipinski definition) is 1. The van der Waals surface area contributed by atoms with E-state index in [1.807, 2.05) is 0 Å². The molecule has 23 heavy (non-hydrogen) atoms. The van der Waals surface area contributed by atoms with Crippen molar-refractivity contribution in [3.05, 3.63) is 70.2 Å². The van der Waals surface area contributed by atoms with E-state index < -0.39 is 17.6 Å². The summed E-state index contributed by atoms with van der Waals surface area (Å²) in [6, 6.07) is 11.0. The highest BCUT2D eigenvalue weighted by Crippen LogP contribution is 2.29. The van der Waals surface area contributed by atoms with Crippen LogP contribution in [-0.4, -0.2) is 12.5 Å². The Kier molecular flexibility index (Phi) is 5.30. The first-order valence-electron chi connectivity index (χ1n) is 6.57. The van der Waals surface area contributed by atoms with E-state index in [-0.39, 0.29) is 12.1 Å². The molecule has 0 aliphatic heterocycles. The number of alkyl halides is 3. The molecular formula is C17H11ClF3NO. The van der Waals surface area contributed by atoms with Crippen molar-refractivity contribution in [1.82, 2.24) is 5.32 Å². The fourth-order valence-electron chi connectivity index (χ4n) is 1.74. The van der Waals surface area contributed by atoms with Gasteiger partial charge in [-0.15, -0.1) is 0 Å². The van der Waals surface area contributed by atoms with Crippen molar-refractivity contribution in [2.24, 2.45) is 0 Å². The standard InChI is InChI=1S/C17H11ClF3NO/c18-15-6-2-1-4-12(15)5-3-11-22-16(23)13-7-9-14(10-8-13)17(19,20)21/h1-2,4,6-10H,11H2,(H,22,23). The molecule has 0 fully saturated rings. The molecule has 0 atom stereocenters. The van der Waals surface area contributed by atoms with Gasteiger partial charge in [-0.25, -0.2) is 0 Å². The van der Waals surface area contributed by atoms with Crippen molar-refractivity contribution in [2.75, 3.05) is 6.54 Å². The molecule has 0 radical (unpaired) electrons. The fourth-order valence-corrected chi connectivity index (χ4v) is 1.92. The van der Waals surface area contributed by atoms with Crippen molar-refractivity contribution >= 4 is 17.5 Å². The summed E-state index contributed by atoms with van der Waals surface area (Å²) >= 11 is 5.93. The summed E-state index contributed by atoms with van der Waals surface area (Å²) in [5, 5.41) is 3.02. The summed E-state index contributed by atoms with van der Waals surface area (Å²) < 4.78 is 37.3. The van der Waals surface area contributed by atoms with Gasteiger partial charge in [0.25, 0.3) is 5.91 Å². The van der Waals surface area contributed by atoms with Crippen LogP contribution in [0.2, 0.25) is 5.02 Å². The zero-order valence-corrected chi connectivity index (χ0v) is 12.5. The molecule has 0 unspecified atom stereocenters. The third-order valence-corrected chi connectivity index (χ3v) is 3.24. The zero-order valence-electron chi connectivity index (χ0n) is 11.7. The third-order valence-electron chi connectivity index (χ3n) is 2.91. The lowest BCUT2D eigenvalue weighted by Crippen LogP contribution is -2.23. The molecule has 2 rings (SSSR count). The van der Waals surface area contributed by atoms with Gasteiger partial charge in [0.2, 0.25) is 0 Å². The maximum absolute atomic E-state index is 12.4. The Balaban J connectivity index is 1.95. The minimum Gasteiger partial charge on any atom is -0.341 e. The van der Waals surface area contributed by atoms with E-state index in [2.05, 4.69) is 17.2 Å². The van der Waals surface area contributed by atoms with Gasteiger partial charge in [-0.2, -0.15) is 13.2 Å². The molecule has 0 heterocycles. The average Bonchev–Trinajstić information content (AvgIpc) is 2.52. The molecule has 0 spiro atoms. The molecular weight excluding hydrogens is 327 g/mol. The molecule has 0 aromatic heterocycles. The number of carbonyl (C=O) groups excluding carboxylic acids is 1. The van der Waals surface area contributed by atoms with Crippen LogP contribution in [0.15, 0.2) is 48.5 Å². The largest absolute Gasteiger partial charge is 0.416 e. The first-order chi connectivity index (χ1) is 10.9. The predicted octanol–water partition coefficient (Wildman–Crippen LogP) is 4.14. The van der Waals surface area contributed by atoms with Crippen molar-refractivity contribution in [3.63, 3.8) is 0 Å². The van der Waals surface area contributed by atoms with Crippen molar-refractivity contribution < 1.29 is 18.0 Å². The highest BCUT2D eigenvalue weighted by Gasteiger charge is 2.30. The van der Waals surface area contributed by atoms with E-state index in [0.29, 0.717) is 10.6 Å². The third kappa shape index (κ3) is 4.76.